The minimum Gasteiger partial charge on any atom is -0.465 e. The molecule has 1 aromatic carbocycles. The lowest BCUT2D eigenvalue weighted by Crippen LogP contribution is -2.07. The molecule has 0 aromatic heterocycles. The van der Waals surface area contributed by atoms with Gasteiger partial charge in [-0.15, -0.1) is 0 Å². The Balaban J connectivity index is 3.50. The number of methoxy groups -OCH3 is 1. The quantitative estimate of drug-likeness (QED) is 0.342. The molecule has 1 rings (SSSR count). The second kappa shape index (κ2) is 4.27. The van der Waals surface area contributed by atoms with Gasteiger partial charge in [0.25, 0.3) is 5.69 Å². The van der Waals surface area contributed by atoms with E-state index in [4.69, 9.17) is 11.0 Å². The number of rotatable bonds is 2. The number of esters is 1. The van der Waals surface area contributed by atoms with Gasteiger partial charge in [0.05, 0.1) is 28.8 Å². The summed E-state index contributed by atoms with van der Waals surface area (Å²) in [5.41, 5.74) is 4.60. The fourth-order valence-corrected chi connectivity index (χ4v) is 1.15. The number of nitrogens with two attached hydrogens (primary N) is 1. The first-order valence-electron chi connectivity index (χ1n) is 4.07. The zero-order valence-electron chi connectivity index (χ0n) is 8.26. The predicted octanol–water partition coefficient (Wildman–Crippen LogP) is 0.835. The van der Waals surface area contributed by atoms with E-state index in [1.54, 1.807) is 6.07 Å². The summed E-state index contributed by atoms with van der Waals surface area (Å²) in [5, 5.41) is 19.3. The maximum atomic E-state index is 11.3. The average molecular weight is 221 g/mol. The van der Waals surface area contributed by atoms with Gasteiger partial charge in [-0.05, 0) is 0 Å². The molecule has 0 bridgehead atoms. The summed E-state index contributed by atoms with van der Waals surface area (Å²) < 4.78 is 4.40. The second-order valence-electron chi connectivity index (χ2n) is 2.82. The van der Waals surface area contributed by atoms with Gasteiger partial charge in [-0.3, -0.25) is 10.1 Å². The molecule has 2 N–H and O–H groups in total. The van der Waals surface area contributed by atoms with Crippen molar-refractivity contribution in [2.24, 2.45) is 0 Å². The van der Waals surface area contributed by atoms with Gasteiger partial charge in [0.15, 0.2) is 0 Å². The predicted molar refractivity (Wildman–Crippen MR) is 53.6 cm³/mol. The van der Waals surface area contributed by atoms with Crippen LogP contribution in [-0.2, 0) is 4.74 Å². The summed E-state index contributed by atoms with van der Waals surface area (Å²) in [5.74, 6) is -0.841. The minimum absolute atomic E-state index is 0.127. The molecule has 0 amide bonds. The summed E-state index contributed by atoms with van der Waals surface area (Å²) in [4.78, 5) is 21.1. The highest BCUT2D eigenvalue weighted by atomic mass is 16.6. The number of non-ortho nitro benzene ring substituents is 1. The number of carbonyl (C=O) groups is 1. The molecule has 0 atom stereocenters. The smallest absolute Gasteiger partial charge is 0.339 e. The van der Waals surface area contributed by atoms with Crippen LogP contribution in [0.5, 0.6) is 0 Å². The molecular formula is C9H7N3O4. The van der Waals surface area contributed by atoms with Crippen molar-refractivity contribution in [2.45, 2.75) is 0 Å². The Morgan fingerprint density at radius 1 is 1.62 bits per heavy atom. The highest BCUT2D eigenvalue weighted by molar-refractivity contribution is 5.95. The van der Waals surface area contributed by atoms with Crippen LogP contribution < -0.4 is 5.73 Å². The monoisotopic (exact) mass is 221 g/mol. The fraction of sp³-hybridized carbons (Fsp3) is 0.111. The molecule has 0 aliphatic rings. The van der Waals surface area contributed by atoms with E-state index in [1.807, 2.05) is 0 Å². The Kier molecular flexibility index (Phi) is 3.06. The molecule has 0 spiro atoms. The summed E-state index contributed by atoms with van der Waals surface area (Å²) >= 11 is 0. The van der Waals surface area contributed by atoms with Crippen molar-refractivity contribution in [1.29, 1.82) is 5.26 Å². The zero-order chi connectivity index (χ0) is 12.3. The molecule has 7 nitrogen and oxygen atoms in total. The minimum atomic E-state index is -0.841. The van der Waals surface area contributed by atoms with Gasteiger partial charge in [0, 0.05) is 12.1 Å². The first-order chi connectivity index (χ1) is 7.51. The van der Waals surface area contributed by atoms with E-state index in [-0.39, 0.29) is 22.5 Å². The van der Waals surface area contributed by atoms with Gasteiger partial charge >= 0.3 is 5.97 Å². The maximum absolute atomic E-state index is 11.3. The third-order valence-corrected chi connectivity index (χ3v) is 1.88. The SMILES string of the molecule is COC(=O)c1cc([N+](=O)[O-])cc(N)c1C#N. The highest BCUT2D eigenvalue weighted by Crippen LogP contribution is 2.24. The van der Waals surface area contributed by atoms with Crippen molar-refractivity contribution in [1.82, 2.24) is 0 Å². The normalized spacial score (nSPS) is 9.25. The average Bonchev–Trinajstić information content (AvgIpc) is 2.26. The molecule has 7 heteroatoms. The number of nitrogens with zero attached hydrogens (tertiary/aromatic N) is 2. The Hall–Kier alpha value is -2.62. The second-order valence-corrected chi connectivity index (χ2v) is 2.82. The number of nitriles is 1. The molecule has 0 heterocycles. The summed E-state index contributed by atoms with van der Waals surface area (Å²) in [6.07, 6.45) is 0. The van der Waals surface area contributed by atoms with Crippen LogP contribution in [-0.4, -0.2) is 18.0 Å². The molecular weight excluding hydrogens is 214 g/mol. The van der Waals surface area contributed by atoms with Crippen LogP contribution in [0, 0.1) is 21.4 Å². The molecule has 0 unspecified atom stereocenters. The molecule has 82 valence electrons. The van der Waals surface area contributed by atoms with Gasteiger partial charge in [-0.2, -0.15) is 5.26 Å². The van der Waals surface area contributed by atoms with Crippen molar-refractivity contribution in [3.63, 3.8) is 0 Å². The van der Waals surface area contributed by atoms with E-state index < -0.39 is 10.9 Å². The first kappa shape index (κ1) is 11.5. The molecule has 0 fully saturated rings. The van der Waals surface area contributed by atoms with Gasteiger partial charge in [-0.1, -0.05) is 0 Å². The van der Waals surface area contributed by atoms with E-state index in [0.717, 1.165) is 19.2 Å². The Morgan fingerprint density at radius 2 is 2.25 bits per heavy atom. The van der Waals surface area contributed by atoms with Crippen LogP contribution in [0.4, 0.5) is 11.4 Å². The van der Waals surface area contributed by atoms with Crippen LogP contribution in [0.3, 0.4) is 0 Å². The maximum Gasteiger partial charge on any atom is 0.339 e. The Morgan fingerprint density at radius 3 is 2.69 bits per heavy atom. The lowest BCUT2D eigenvalue weighted by atomic mass is 10.1. The summed E-state index contributed by atoms with van der Waals surface area (Å²) in [7, 11) is 1.11. The van der Waals surface area contributed by atoms with Crippen LogP contribution >= 0.6 is 0 Å². The molecule has 0 aliphatic carbocycles. The fourth-order valence-electron chi connectivity index (χ4n) is 1.15. The molecule has 1 aromatic rings. The van der Waals surface area contributed by atoms with E-state index in [9.17, 15) is 14.9 Å². The number of nitrogen functional groups attached to an aromatic ring is 1. The number of ether oxygens (including phenoxy) is 1. The number of benzene rings is 1. The lowest BCUT2D eigenvalue weighted by molar-refractivity contribution is -0.384. The first-order valence-corrected chi connectivity index (χ1v) is 4.07. The number of hydrogen-bond acceptors (Lipinski definition) is 6. The van der Waals surface area contributed by atoms with Crippen molar-refractivity contribution in [3.8, 4) is 6.07 Å². The highest BCUT2D eigenvalue weighted by Gasteiger charge is 2.20. The number of anilines is 1. The number of hydrogen-bond donors (Lipinski definition) is 1. The summed E-state index contributed by atoms with van der Waals surface area (Å²) in [6, 6.07) is 3.67. The molecule has 0 saturated heterocycles. The topological polar surface area (TPSA) is 119 Å². The zero-order valence-corrected chi connectivity index (χ0v) is 8.26. The van der Waals surface area contributed by atoms with Gasteiger partial charge in [-0.25, -0.2) is 4.79 Å². The van der Waals surface area contributed by atoms with E-state index in [1.165, 1.54) is 0 Å². The number of nitro groups is 1. The standard InChI is InChI=1S/C9H7N3O4/c1-16-9(13)6-2-5(12(14)15)3-8(11)7(6)4-10/h2-3H,11H2,1H3. The lowest BCUT2D eigenvalue weighted by Gasteiger charge is -2.04. The van der Waals surface area contributed by atoms with E-state index in [2.05, 4.69) is 4.74 Å². The molecule has 0 radical (unpaired) electrons. The van der Waals surface area contributed by atoms with Gasteiger partial charge < -0.3 is 10.5 Å². The number of nitro benzene ring substituents is 1. The van der Waals surface area contributed by atoms with Crippen molar-refractivity contribution in [2.75, 3.05) is 12.8 Å². The van der Waals surface area contributed by atoms with Crippen LogP contribution in [0.1, 0.15) is 15.9 Å². The Labute approximate surface area is 90.2 Å². The Bertz CT molecular complexity index is 504. The molecule has 16 heavy (non-hydrogen) atoms. The number of carbonyl (C=O) groups excluding carboxylic acids is 1. The molecule has 0 aliphatic heterocycles. The molecule has 0 saturated carbocycles. The van der Waals surface area contributed by atoms with E-state index in [0.29, 0.717) is 0 Å². The summed E-state index contributed by atoms with van der Waals surface area (Å²) in [6.45, 7) is 0. The third kappa shape index (κ3) is 1.90. The van der Waals surface area contributed by atoms with Crippen molar-refractivity contribution >= 4 is 17.3 Å². The van der Waals surface area contributed by atoms with E-state index >= 15 is 0 Å². The van der Waals surface area contributed by atoms with Crippen molar-refractivity contribution in [3.05, 3.63) is 33.4 Å². The van der Waals surface area contributed by atoms with Gasteiger partial charge in [0.1, 0.15) is 6.07 Å². The van der Waals surface area contributed by atoms with Crippen LogP contribution in [0.25, 0.3) is 0 Å². The van der Waals surface area contributed by atoms with Crippen molar-refractivity contribution < 1.29 is 14.5 Å². The van der Waals surface area contributed by atoms with Crippen LogP contribution in [0.2, 0.25) is 0 Å². The van der Waals surface area contributed by atoms with Crippen LogP contribution in [0.15, 0.2) is 12.1 Å². The largest absolute Gasteiger partial charge is 0.465 e. The third-order valence-electron chi connectivity index (χ3n) is 1.88. The van der Waals surface area contributed by atoms with Gasteiger partial charge in [0.2, 0.25) is 0 Å².